The monoisotopic (exact) mass is 552 g/mol. The Bertz CT molecular complexity index is 1440. The van der Waals surface area contributed by atoms with E-state index in [9.17, 15) is 9.59 Å². The second kappa shape index (κ2) is 12.7. The standard InChI is InChI=1S/C26H22ClN5O5S/c1-36-21-12-6-17(7-13-21)25-30-31-26(32(25)20-10-8-19(27)9-11-20)38-16-23(33)29-28-14-18-4-2-3-5-22(18)37-15-24(34)35/h2-14H,15-16H2,1H3,(H2,29,33,34,35)/p+1/b28-14+. The lowest BCUT2D eigenvalue weighted by molar-refractivity contribution is -0.625. The van der Waals surface area contributed by atoms with Crippen molar-refractivity contribution in [3.05, 3.63) is 83.4 Å². The van der Waals surface area contributed by atoms with E-state index in [1.165, 1.54) is 18.0 Å². The zero-order valence-electron chi connectivity index (χ0n) is 20.1. The zero-order valence-corrected chi connectivity index (χ0v) is 21.7. The number of methoxy groups -OCH3 is 1. The molecule has 12 heteroatoms. The van der Waals surface area contributed by atoms with Gasteiger partial charge in [0.25, 0.3) is 11.7 Å². The summed E-state index contributed by atoms with van der Waals surface area (Å²) < 4.78 is 12.4. The zero-order chi connectivity index (χ0) is 26.9. The van der Waals surface area contributed by atoms with Crippen LogP contribution in [0.5, 0.6) is 11.5 Å². The van der Waals surface area contributed by atoms with Crippen molar-refractivity contribution in [2.75, 3.05) is 19.5 Å². The predicted octanol–water partition coefficient (Wildman–Crippen LogP) is 3.72. The second-order valence-electron chi connectivity index (χ2n) is 7.70. The second-order valence-corrected chi connectivity index (χ2v) is 9.08. The van der Waals surface area contributed by atoms with Gasteiger partial charge in [-0.25, -0.2) is 10.2 Å². The van der Waals surface area contributed by atoms with Crippen LogP contribution in [-0.2, 0) is 9.59 Å². The minimum Gasteiger partial charge on any atom is -0.497 e. The van der Waals surface area contributed by atoms with E-state index in [1.807, 2.05) is 41.0 Å². The van der Waals surface area contributed by atoms with Crippen molar-refractivity contribution in [2.45, 2.75) is 5.16 Å². The number of carbonyl (C=O) groups excluding carboxylic acids is 1. The molecular weight excluding hydrogens is 530 g/mol. The summed E-state index contributed by atoms with van der Waals surface area (Å²) in [6.07, 6.45) is 1.39. The van der Waals surface area contributed by atoms with Crippen LogP contribution in [0, 0.1) is 0 Å². The number of thioether (sulfide) groups is 1. The van der Waals surface area contributed by atoms with E-state index < -0.39 is 12.6 Å². The number of para-hydroxylation sites is 1. The van der Waals surface area contributed by atoms with Gasteiger partial charge in [-0.1, -0.05) is 23.7 Å². The van der Waals surface area contributed by atoms with Crippen molar-refractivity contribution in [1.82, 2.24) is 15.6 Å². The largest absolute Gasteiger partial charge is 0.497 e. The van der Waals surface area contributed by atoms with Gasteiger partial charge in [-0.3, -0.25) is 4.79 Å². The summed E-state index contributed by atoms with van der Waals surface area (Å²) in [5.41, 5.74) is 4.68. The number of amides is 1. The Labute approximate surface area is 227 Å². The Kier molecular flexibility index (Phi) is 8.96. The molecule has 0 aliphatic heterocycles. The van der Waals surface area contributed by atoms with E-state index in [0.29, 0.717) is 27.3 Å². The fraction of sp³-hybridized carbons (Fsp3) is 0.115. The minimum atomic E-state index is -1.09. The fourth-order valence-corrected chi connectivity index (χ4v) is 4.25. The van der Waals surface area contributed by atoms with Crippen molar-refractivity contribution in [1.29, 1.82) is 0 Å². The first-order valence-corrected chi connectivity index (χ1v) is 12.6. The molecule has 0 bridgehead atoms. The van der Waals surface area contributed by atoms with Crippen LogP contribution in [0.3, 0.4) is 0 Å². The van der Waals surface area contributed by atoms with Crippen molar-refractivity contribution in [2.24, 2.45) is 5.10 Å². The van der Waals surface area contributed by atoms with E-state index in [1.54, 1.807) is 43.5 Å². The number of nitrogens with one attached hydrogen (secondary N) is 2. The third kappa shape index (κ3) is 6.90. The number of hydrogen-bond acceptors (Lipinski definition) is 7. The Morgan fingerprint density at radius 1 is 1.13 bits per heavy atom. The van der Waals surface area contributed by atoms with Crippen LogP contribution in [0.15, 0.2) is 83.1 Å². The Morgan fingerprint density at radius 2 is 1.87 bits per heavy atom. The number of hydrogen-bond donors (Lipinski definition) is 3. The van der Waals surface area contributed by atoms with Gasteiger partial charge in [0.05, 0.1) is 29.7 Å². The molecule has 194 valence electrons. The quantitative estimate of drug-likeness (QED) is 0.112. The number of carbonyl (C=O) groups is 2. The molecule has 0 radical (unpaired) electrons. The molecule has 10 nitrogen and oxygen atoms in total. The van der Waals surface area contributed by atoms with Gasteiger partial charge in [0.2, 0.25) is 0 Å². The van der Waals surface area contributed by atoms with Crippen LogP contribution in [0.1, 0.15) is 5.56 Å². The fourth-order valence-electron chi connectivity index (χ4n) is 3.36. The van der Waals surface area contributed by atoms with Crippen molar-refractivity contribution in [3.8, 4) is 28.6 Å². The third-order valence-corrected chi connectivity index (χ3v) is 6.31. The number of H-pyrrole nitrogens is 1. The number of aliphatic carboxylic acids is 1. The van der Waals surface area contributed by atoms with Gasteiger partial charge in [0.15, 0.2) is 6.61 Å². The molecule has 4 aromatic rings. The summed E-state index contributed by atoms with van der Waals surface area (Å²) in [4.78, 5) is 23.3. The highest BCUT2D eigenvalue weighted by atomic mass is 35.5. The SMILES string of the molecule is COc1ccc(-c2[nH]nc(SCC(=O)N/N=C/c3ccccc3OCC(=O)O)[n+]2-c2ccc(Cl)cc2)cc1. The number of hydrazone groups is 1. The summed E-state index contributed by atoms with van der Waals surface area (Å²) >= 11 is 7.31. The lowest BCUT2D eigenvalue weighted by Crippen LogP contribution is -2.34. The topological polar surface area (TPSA) is 130 Å². The maximum atomic E-state index is 12.5. The number of aromatic amines is 1. The van der Waals surface area contributed by atoms with Crippen LogP contribution in [0.4, 0.5) is 0 Å². The average molecular weight is 553 g/mol. The predicted molar refractivity (Wildman–Crippen MR) is 143 cm³/mol. The summed E-state index contributed by atoms with van der Waals surface area (Å²) in [7, 11) is 1.61. The summed E-state index contributed by atoms with van der Waals surface area (Å²) in [6, 6.07) is 21.6. The van der Waals surface area contributed by atoms with Crippen LogP contribution in [-0.4, -0.2) is 52.9 Å². The van der Waals surface area contributed by atoms with Gasteiger partial charge in [-0.05, 0) is 72.4 Å². The molecular formula is C26H23ClN5O5S+. The molecule has 1 aromatic heterocycles. The lowest BCUT2D eigenvalue weighted by Gasteiger charge is -2.06. The molecule has 0 atom stereocenters. The molecule has 4 rings (SSSR count). The molecule has 0 aliphatic rings. The van der Waals surface area contributed by atoms with Crippen LogP contribution < -0.4 is 19.5 Å². The number of rotatable bonds is 11. The number of benzene rings is 3. The molecule has 3 aromatic carbocycles. The Morgan fingerprint density at radius 3 is 2.58 bits per heavy atom. The molecule has 0 unspecified atom stereocenters. The van der Waals surface area contributed by atoms with Gasteiger partial charge in [0.1, 0.15) is 17.2 Å². The first kappa shape index (κ1) is 26.7. The van der Waals surface area contributed by atoms with Crippen molar-refractivity contribution in [3.63, 3.8) is 0 Å². The molecule has 38 heavy (non-hydrogen) atoms. The molecule has 0 saturated heterocycles. The minimum absolute atomic E-state index is 0.0367. The molecule has 0 saturated carbocycles. The summed E-state index contributed by atoms with van der Waals surface area (Å²) in [5.74, 6) is 0.379. The van der Waals surface area contributed by atoms with Gasteiger partial charge in [-0.2, -0.15) is 9.67 Å². The highest BCUT2D eigenvalue weighted by Gasteiger charge is 2.24. The maximum absolute atomic E-state index is 12.5. The molecule has 1 heterocycles. The van der Waals surface area contributed by atoms with E-state index in [-0.39, 0.29) is 11.7 Å². The van der Waals surface area contributed by atoms with E-state index >= 15 is 0 Å². The number of aromatic nitrogens is 3. The maximum Gasteiger partial charge on any atom is 0.342 e. The smallest absolute Gasteiger partial charge is 0.342 e. The van der Waals surface area contributed by atoms with E-state index in [4.69, 9.17) is 26.2 Å². The van der Waals surface area contributed by atoms with Crippen LogP contribution in [0.2, 0.25) is 5.02 Å². The highest BCUT2D eigenvalue weighted by Crippen LogP contribution is 2.23. The number of nitrogens with zero attached hydrogens (tertiary/aromatic N) is 3. The van der Waals surface area contributed by atoms with Gasteiger partial charge >= 0.3 is 11.1 Å². The molecule has 0 aliphatic carbocycles. The van der Waals surface area contributed by atoms with E-state index in [2.05, 4.69) is 20.7 Å². The van der Waals surface area contributed by atoms with Crippen molar-refractivity contribution < 1.29 is 28.7 Å². The average Bonchev–Trinajstić information content (AvgIpc) is 3.35. The number of carboxylic acid groups (broad SMARTS) is 1. The Hall–Kier alpha value is -4.35. The molecule has 0 fully saturated rings. The third-order valence-electron chi connectivity index (χ3n) is 5.12. The summed E-state index contributed by atoms with van der Waals surface area (Å²) in [6.45, 7) is -0.482. The van der Waals surface area contributed by atoms with Gasteiger partial charge < -0.3 is 14.6 Å². The lowest BCUT2D eigenvalue weighted by atomic mass is 10.2. The molecule has 1 amide bonds. The van der Waals surface area contributed by atoms with E-state index in [0.717, 1.165) is 17.0 Å². The molecule has 3 N–H and O–H groups in total. The van der Waals surface area contributed by atoms with Gasteiger partial charge in [-0.15, -0.1) is 5.10 Å². The number of carboxylic acids is 1. The number of ether oxygens (including phenoxy) is 2. The molecule has 0 spiro atoms. The number of halogens is 1. The van der Waals surface area contributed by atoms with Gasteiger partial charge in [0, 0.05) is 10.6 Å². The highest BCUT2D eigenvalue weighted by molar-refractivity contribution is 7.99. The summed E-state index contributed by atoms with van der Waals surface area (Å²) in [5, 5.41) is 21.4. The first-order chi connectivity index (χ1) is 18.4. The van der Waals surface area contributed by atoms with Crippen LogP contribution >= 0.6 is 23.4 Å². The normalized spacial score (nSPS) is 10.9. The van der Waals surface area contributed by atoms with Crippen LogP contribution in [0.25, 0.3) is 17.1 Å². The van der Waals surface area contributed by atoms with Crippen molar-refractivity contribution >= 4 is 41.5 Å². The first-order valence-electron chi connectivity index (χ1n) is 11.2. The Balaban J connectivity index is 1.47.